The van der Waals surface area contributed by atoms with Crippen molar-refractivity contribution in [1.82, 2.24) is 0 Å². The van der Waals surface area contributed by atoms with Gasteiger partial charge in [0, 0.05) is 5.41 Å². The van der Waals surface area contributed by atoms with Gasteiger partial charge in [0.05, 0.1) is 0 Å². The van der Waals surface area contributed by atoms with Crippen molar-refractivity contribution in [3.05, 3.63) is 29.3 Å². The molecule has 0 bridgehead atoms. The minimum Gasteiger partial charge on any atom is -0.508 e. The van der Waals surface area contributed by atoms with Crippen LogP contribution in [0.25, 0.3) is 0 Å². The number of carbonyl (C=O) groups is 1. The number of carboxylic acid groups (broad SMARTS) is 1. The number of carboxylic acids is 1. The first-order valence-corrected chi connectivity index (χ1v) is 5.18. The van der Waals surface area contributed by atoms with Gasteiger partial charge in [-0.05, 0) is 37.0 Å². The number of benzene rings is 1. The Morgan fingerprint density at radius 2 is 2.06 bits per heavy atom. The number of aliphatic hydroxyl groups is 1. The van der Waals surface area contributed by atoms with Crippen LogP contribution in [0.2, 0.25) is 0 Å². The highest BCUT2D eigenvalue weighted by Crippen LogP contribution is 2.51. The standard InChI is InChI=1S/C12H14O4/c1-7-2-3-8(6-9(7)13)12(4-5-12)10(14)11(15)16/h2-3,6,10,13-14H,4-5H2,1H3,(H,15,16). The molecule has 0 spiro atoms. The van der Waals surface area contributed by atoms with Crippen molar-refractivity contribution in [3.8, 4) is 5.75 Å². The lowest BCUT2D eigenvalue weighted by Crippen LogP contribution is -2.33. The van der Waals surface area contributed by atoms with Gasteiger partial charge in [-0.1, -0.05) is 12.1 Å². The Hall–Kier alpha value is -1.55. The van der Waals surface area contributed by atoms with E-state index in [9.17, 15) is 15.0 Å². The number of hydrogen-bond donors (Lipinski definition) is 3. The summed E-state index contributed by atoms with van der Waals surface area (Å²) in [6, 6.07) is 5.06. The average molecular weight is 222 g/mol. The second-order valence-electron chi connectivity index (χ2n) is 4.40. The van der Waals surface area contributed by atoms with Gasteiger partial charge in [-0.2, -0.15) is 0 Å². The summed E-state index contributed by atoms with van der Waals surface area (Å²) in [5.41, 5.74) is 0.742. The molecule has 0 aromatic heterocycles. The SMILES string of the molecule is Cc1ccc(C2(C(O)C(=O)O)CC2)cc1O. The van der Waals surface area contributed by atoms with Crippen LogP contribution in [0, 0.1) is 6.92 Å². The van der Waals surface area contributed by atoms with Crippen molar-refractivity contribution in [3.63, 3.8) is 0 Å². The van der Waals surface area contributed by atoms with E-state index >= 15 is 0 Å². The minimum absolute atomic E-state index is 0.140. The highest BCUT2D eigenvalue weighted by molar-refractivity contribution is 5.75. The second-order valence-corrected chi connectivity index (χ2v) is 4.40. The highest BCUT2D eigenvalue weighted by atomic mass is 16.4. The molecule has 1 aliphatic carbocycles. The number of aliphatic hydroxyl groups excluding tert-OH is 1. The smallest absolute Gasteiger partial charge is 0.333 e. The van der Waals surface area contributed by atoms with Crippen molar-refractivity contribution in [1.29, 1.82) is 0 Å². The summed E-state index contributed by atoms with van der Waals surface area (Å²) in [5, 5.41) is 28.1. The van der Waals surface area contributed by atoms with Gasteiger partial charge in [0.1, 0.15) is 5.75 Å². The Morgan fingerprint density at radius 3 is 2.50 bits per heavy atom. The second kappa shape index (κ2) is 3.49. The molecule has 0 saturated heterocycles. The van der Waals surface area contributed by atoms with Crippen LogP contribution in [-0.2, 0) is 10.2 Å². The summed E-state index contributed by atoms with van der Waals surface area (Å²) in [7, 11) is 0. The molecule has 2 rings (SSSR count). The number of hydrogen-bond acceptors (Lipinski definition) is 3. The van der Waals surface area contributed by atoms with E-state index in [2.05, 4.69) is 0 Å². The molecule has 0 heterocycles. The maximum atomic E-state index is 10.8. The molecule has 0 radical (unpaired) electrons. The average Bonchev–Trinajstić information content (AvgIpc) is 3.02. The maximum Gasteiger partial charge on any atom is 0.333 e. The first-order chi connectivity index (χ1) is 7.47. The van der Waals surface area contributed by atoms with Crippen LogP contribution < -0.4 is 0 Å². The summed E-state index contributed by atoms with van der Waals surface area (Å²) < 4.78 is 0. The monoisotopic (exact) mass is 222 g/mol. The zero-order valence-electron chi connectivity index (χ0n) is 8.97. The predicted octanol–water partition coefficient (Wildman–Crippen LogP) is 1.18. The molecule has 1 fully saturated rings. The van der Waals surface area contributed by atoms with E-state index < -0.39 is 17.5 Å². The van der Waals surface area contributed by atoms with E-state index in [1.165, 1.54) is 0 Å². The molecule has 86 valence electrons. The summed E-state index contributed by atoms with van der Waals surface area (Å²) in [6.07, 6.45) is -0.110. The molecular weight excluding hydrogens is 208 g/mol. The molecular formula is C12H14O4. The van der Waals surface area contributed by atoms with Gasteiger partial charge < -0.3 is 15.3 Å². The largest absolute Gasteiger partial charge is 0.508 e. The topological polar surface area (TPSA) is 77.8 Å². The van der Waals surface area contributed by atoms with Crippen LogP contribution in [0.3, 0.4) is 0 Å². The third-order valence-electron chi connectivity index (χ3n) is 3.33. The molecule has 4 heteroatoms. The summed E-state index contributed by atoms with van der Waals surface area (Å²) >= 11 is 0. The molecule has 1 saturated carbocycles. The number of aliphatic carboxylic acids is 1. The Balaban J connectivity index is 2.37. The van der Waals surface area contributed by atoms with E-state index in [4.69, 9.17) is 5.11 Å². The Kier molecular flexibility index (Phi) is 2.39. The zero-order valence-corrected chi connectivity index (χ0v) is 8.97. The van der Waals surface area contributed by atoms with Gasteiger partial charge in [0.2, 0.25) is 0 Å². The van der Waals surface area contributed by atoms with Crippen molar-refractivity contribution in [2.24, 2.45) is 0 Å². The fourth-order valence-electron chi connectivity index (χ4n) is 2.01. The quantitative estimate of drug-likeness (QED) is 0.717. The molecule has 4 nitrogen and oxygen atoms in total. The van der Waals surface area contributed by atoms with E-state index in [1.807, 2.05) is 0 Å². The van der Waals surface area contributed by atoms with Crippen molar-refractivity contribution in [2.45, 2.75) is 31.3 Å². The van der Waals surface area contributed by atoms with Crippen LogP contribution in [-0.4, -0.2) is 27.4 Å². The summed E-state index contributed by atoms with van der Waals surface area (Å²) in [5.74, 6) is -1.07. The first-order valence-electron chi connectivity index (χ1n) is 5.18. The number of aromatic hydroxyl groups is 1. The van der Waals surface area contributed by atoms with Crippen LogP contribution in [0.1, 0.15) is 24.0 Å². The lowest BCUT2D eigenvalue weighted by Gasteiger charge is -2.19. The van der Waals surface area contributed by atoms with Crippen molar-refractivity contribution in [2.75, 3.05) is 0 Å². The van der Waals surface area contributed by atoms with Gasteiger partial charge in [-0.25, -0.2) is 4.79 Å². The molecule has 1 aliphatic rings. The fraction of sp³-hybridized carbons (Fsp3) is 0.417. The maximum absolute atomic E-state index is 10.8. The van der Waals surface area contributed by atoms with E-state index in [-0.39, 0.29) is 5.75 Å². The van der Waals surface area contributed by atoms with Crippen molar-refractivity contribution >= 4 is 5.97 Å². The summed E-state index contributed by atoms with van der Waals surface area (Å²) in [4.78, 5) is 10.8. The first kappa shape index (κ1) is 11.0. The van der Waals surface area contributed by atoms with E-state index in [0.717, 1.165) is 5.56 Å². The molecule has 1 aromatic rings. The Labute approximate surface area is 93.2 Å². The number of aryl methyl sites for hydroxylation is 1. The molecule has 1 atom stereocenters. The van der Waals surface area contributed by atoms with Gasteiger partial charge in [-0.15, -0.1) is 0 Å². The predicted molar refractivity (Wildman–Crippen MR) is 57.4 cm³/mol. The van der Waals surface area contributed by atoms with E-state index in [1.54, 1.807) is 25.1 Å². The molecule has 1 unspecified atom stereocenters. The number of phenolic OH excluding ortho intramolecular Hbond substituents is 1. The van der Waals surface area contributed by atoms with Crippen molar-refractivity contribution < 1.29 is 20.1 Å². The third-order valence-corrected chi connectivity index (χ3v) is 3.33. The number of rotatable bonds is 3. The van der Waals surface area contributed by atoms with Crippen LogP contribution >= 0.6 is 0 Å². The summed E-state index contributed by atoms with van der Waals surface area (Å²) in [6.45, 7) is 1.77. The van der Waals surface area contributed by atoms with Gasteiger partial charge in [0.15, 0.2) is 6.10 Å². The van der Waals surface area contributed by atoms with Gasteiger partial charge >= 0.3 is 5.97 Å². The van der Waals surface area contributed by atoms with Gasteiger partial charge in [0.25, 0.3) is 0 Å². The molecule has 16 heavy (non-hydrogen) atoms. The Bertz CT molecular complexity index is 435. The van der Waals surface area contributed by atoms with Crippen LogP contribution in [0.4, 0.5) is 0 Å². The lowest BCUT2D eigenvalue weighted by molar-refractivity contribution is -0.148. The van der Waals surface area contributed by atoms with Gasteiger partial charge in [-0.3, -0.25) is 0 Å². The fourth-order valence-corrected chi connectivity index (χ4v) is 2.01. The van der Waals surface area contributed by atoms with Crippen LogP contribution in [0.5, 0.6) is 5.75 Å². The highest BCUT2D eigenvalue weighted by Gasteiger charge is 2.53. The molecule has 1 aromatic carbocycles. The molecule has 3 N–H and O–H groups in total. The lowest BCUT2D eigenvalue weighted by atomic mass is 9.89. The minimum atomic E-state index is -1.39. The zero-order chi connectivity index (χ0) is 11.9. The molecule has 0 aliphatic heterocycles. The van der Waals surface area contributed by atoms with E-state index in [0.29, 0.717) is 18.4 Å². The molecule has 0 amide bonds. The number of phenols is 1. The van der Waals surface area contributed by atoms with Crippen LogP contribution in [0.15, 0.2) is 18.2 Å². The Morgan fingerprint density at radius 1 is 1.44 bits per heavy atom. The normalized spacial score (nSPS) is 19.1. The third kappa shape index (κ3) is 1.55.